The lowest BCUT2D eigenvalue weighted by Crippen LogP contribution is -2.62. The quantitative estimate of drug-likeness (QED) is 0.0415. The number of rotatable bonds is 14. The van der Waals surface area contributed by atoms with Gasteiger partial charge in [-0.05, 0) is 116 Å². The van der Waals surface area contributed by atoms with Gasteiger partial charge in [0, 0.05) is 73.7 Å². The Hall–Kier alpha value is -5.96. The highest BCUT2D eigenvalue weighted by Crippen LogP contribution is 2.43. The number of nitro benzene ring substituents is 1. The van der Waals surface area contributed by atoms with E-state index in [2.05, 4.69) is 35.5 Å². The number of aliphatic hydroxyl groups is 1. The number of benzene rings is 4. The Labute approximate surface area is 493 Å². The normalized spacial score (nSPS) is 23.9. The van der Waals surface area contributed by atoms with E-state index in [0.29, 0.717) is 11.0 Å². The molecule has 4 aliphatic heterocycles. The number of hydrogen-bond donors (Lipinski definition) is 1. The monoisotopic (exact) mass is 1180 g/mol. The van der Waals surface area contributed by atoms with Crippen LogP contribution in [0.3, 0.4) is 0 Å². The molecule has 4 saturated heterocycles. The summed E-state index contributed by atoms with van der Waals surface area (Å²) in [7, 11) is 4.63. The summed E-state index contributed by atoms with van der Waals surface area (Å²) in [6.45, 7) is 0.0327. The smallest absolute Gasteiger partial charge is 0.269 e. The first-order valence-electron chi connectivity index (χ1n) is 27.0. The van der Waals surface area contributed by atoms with Crippen molar-refractivity contribution < 1.29 is 48.2 Å². The fraction of sp³-hybridized carbons (Fsp3) is 0.443. The van der Waals surface area contributed by atoms with E-state index in [1.807, 2.05) is 108 Å². The van der Waals surface area contributed by atoms with Gasteiger partial charge in [0.15, 0.2) is 24.4 Å². The number of carbonyl (C=O) groups is 4. The Morgan fingerprint density at radius 2 is 0.951 bits per heavy atom. The third kappa shape index (κ3) is 16.4. The van der Waals surface area contributed by atoms with E-state index in [1.54, 1.807) is 44.1 Å². The van der Waals surface area contributed by atoms with Crippen LogP contribution in [0.2, 0.25) is 0 Å². The van der Waals surface area contributed by atoms with Gasteiger partial charge in [-0.15, -0.1) is 0 Å². The Morgan fingerprint density at radius 1 is 0.543 bits per heavy atom. The fourth-order valence-electron chi connectivity index (χ4n) is 9.67. The van der Waals surface area contributed by atoms with E-state index in [-0.39, 0.29) is 66.2 Å². The maximum atomic E-state index is 12.3. The Kier molecular flexibility index (Phi) is 24.8. The summed E-state index contributed by atoms with van der Waals surface area (Å²) in [5, 5.41) is 20.1. The number of nitro groups is 1. The highest BCUT2D eigenvalue weighted by molar-refractivity contribution is 7.98. The molecule has 81 heavy (non-hydrogen) atoms. The Balaban J connectivity index is 0.000000157. The zero-order valence-electron chi connectivity index (χ0n) is 46.1. The van der Waals surface area contributed by atoms with Crippen LogP contribution >= 0.6 is 47.8 Å². The second-order valence-electron chi connectivity index (χ2n) is 19.3. The van der Waals surface area contributed by atoms with E-state index in [1.165, 1.54) is 101 Å². The molecule has 2 aliphatic carbocycles. The maximum absolute atomic E-state index is 12.3. The molecular formula is C61H69N5O11S4. The predicted molar refractivity (Wildman–Crippen MR) is 320 cm³/mol. The lowest BCUT2D eigenvalue weighted by Gasteiger charge is -2.46. The van der Waals surface area contributed by atoms with Crippen molar-refractivity contribution in [3.05, 3.63) is 148 Å². The molecule has 8 unspecified atom stereocenters. The van der Waals surface area contributed by atoms with Gasteiger partial charge in [0.05, 0.1) is 17.6 Å². The van der Waals surface area contributed by atoms with Gasteiger partial charge in [-0.25, -0.2) is 0 Å². The molecule has 4 aromatic rings. The van der Waals surface area contributed by atoms with Crippen molar-refractivity contribution in [2.45, 2.75) is 124 Å². The van der Waals surface area contributed by atoms with Gasteiger partial charge in [-0.3, -0.25) is 46.5 Å². The van der Waals surface area contributed by atoms with Gasteiger partial charge in [-0.2, -0.15) is 0 Å². The zero-order chi connectivity index (χ0) is 57.7. The van der Waals surface area contributed by atoms with Crippen LogP contribution in [-0.4, -0.2) is 151 Å². The minimum Gasteiger partial charge on any atom is -0.395 e. The molecule has 0 spiro atoms. The first kappa shape index (κ1) is 62.6. The number of non-ortho nitro benzene ring substituents is 1. The van der Waals surface area contributed by atoms with E-state index < -0.39 is 29.3 Å². The molecule has 20 heteroatoms. The predicted octanol–water partition coefficient (Wildman–Crippen LogP) is 9.17. The molecule has 4 amide bonds. The highest BCUT2D eigenvalue weighted by Gasteiger charge is 2.51. The molecule has 6 aliphatic rings. The third-order valence-electron chi connectivity index (χ3n) is 14.0. The summed E-state index contributed by atoms with van der Waals surface area (Å²) in [6.07, 6.45) is 13.9. The molecule has 2 saturated carbocycles. The van der Waals surface area contributed by atoms with Crippen LogP contribution in [0, 0.1) is 45.6 Å². The largest absolute Gasteiger partial charge is 0.395 e. The van der Waals surface area contributed by atoms with Crippen molar-refractivity contribution in [1.29, 1.82) is 0 Å². The number of aliphatic hydroxyl groups excluding tert-OH is 1. The molecule has 8 atom stereocenters. The van der Waals surface area contributed by atoms with Crippen molar-refractivity contribution in [3.8, 4) is 35.5 Å². The van der Waals surface area contributed by atoms with Gasteiger partial charge in [0.2, 0.25) is 0 Å². The van der Waals surface area contributed by atoms with Crippen LogP contribution in [0.15, 0.2) is 115 Å². The number of ether oxygens (including phenoxy) is 4. The molecule has 428 valence electrons. The summed E-state index contributed by atoms with van der Waals surface area (Å²) in [5.41, 5.74) is 3.76. The lowest BCUT2D eigenvalue weighted by atomic mass is 9.92. The molecule has 0 bridgehead atoms. The van der Waals surface area contributed by atoms with E-state index >= 15 is 0 Å². The summed E-state index contributed by atoms with van der Waals surface area (Å²) >= 11 is 5.72. The molecular weight excluding hydrogens is 1110 g/mol. The second kappa shape index (κ2) is 32.0. The van der Waals surface area contributed by atoms with Crippen LogP contribution in [0.25, 0.3) is 0 Å². The number of hydrogen-bond acceptors (Lipinski definition) is 15. The Morgan fingerprint density at radius 3 is 1.38 bits per heavy atom. The highest BCUT2D eigenvalue weighted by atomic mass is 32.2. The van der Waals surface area contributed by atoms with E-state index in [0.717, 1.165) is 47.9 Å². The zero-order valence-corrected chi connectivity index (χ0v) is 49.4. The molecule has 16 nitrogen and oxygen atoms in total. The first-order chi connectivity index (χ1) is 39.5. The molecule has 0 aromatic heterocycles. The van der Waals surface area contributed by atoms with Crippen LogP contribution < -0.4 is 0 Å². The van der Waals surface area contributed by atoms with Crippen LogP contribution in [0.5, 0.6) is 0 Å². The average Bonchev–Trinajstić information content (AvgIpc) is 3.52. The number of amides is 4. The van der Waals surface area contributed by atoms with Crippen LogP contribution in [-0.2, 0) is 38.1 Å². The molecule has 10 rings (SSSR count). The lowest BCUT2D eigenvalue weighted by molar-refractivity contribution is -0.384. The number of methoxy groups -OCH3 is 3. The minimum absolute atomic E-state index is 0.00707. The summed E-state index contributed by atoms with van der Waals surface area (Å²) in [4.78, 5) is 58.2. The maximum Gasteiger partial charge on any atom is 0.269 e. The molecule has 0 radical (unpaired) electrons. The van der Waals surface area contributed by atoms with Crippen molar-refractivity contribution in [1.82, 2.24) is 17.2 Å². The van der Waals surface area contributed by atoms with Crippen molar-refractivity contribution in [2.24, 2.45) is 0 Å². The van der Waals surface area contributed by atoms with Gasteiger partial charge in [0.25, 0.3) is 29.3 Å². The summed E-state index contributed by atoms with van der Waals surface area (Å²) in [5.74, 6) is 19.0. The minimum atomic E-state index is -0.498. The van der Waals surface area contributed by atoms with Gasteiger partial charge in [0.1, 0.15) is 24.2 Å². The standard InChI is InChI=1S/C18H21NO2S.C16H20N2O4S.C14H15NO3S.C13H13NO2S/c1-21-17-16(13-12-14-8-4-2-5-9-14)19(18(17)20)22-15-10-6-3-7-11-15;1-23-17-14(11-7-9-12(10-8-11)18(20)21)15(16(17)19)22-13-5-3-2-4-6-13;1-18-13-12(15(14(13)17)19-10-9-16)8-7-11-5-3-2-4-6-11;1-16-12-11(14(17-2)13(12)15)9-8-10-6-4-3-5-7-10/h2,4-5,8-9,15-17H,3,6-7,10-11H2,1H3;7-10,13-15H,2-6H2,1H3;2-6,12-13,16H,9-10H2,1H3;3-7,11-12H,1-2H3. The fourth-order valence-corrected chi connectivity index (χ4v) is 13.3. The third-order valence-corrected chi connectivity index (χ3v) is 18.1. The second-order valence-corrected chi connectivity index (χ2v) is 23.1. The van der Waals surface area contributed by atoms with E-state index in [4.69, 9.17) is 24.1 Å². The summed E-state index contributed by atoms with van der Waals surface area (Å²) < 4.78 is 28.4. The Bertz CT molecular complexity index is 2890. The molecule has 6 fully saturated rings. The molecule has 1 N–H and O–H groups in total. The van der Waals surface area contributed by atoms with Gasteiger partial charge < -0.3 is 24.1 Å². The molecule has 4 heterocycles. The first-order valence-corrected chi connectivity index (χ1v) is 31.1. The average molecular weight is 1180 g/mol. The SMILES string of the molecule is COC1C(=O)N(SC)C1C#Cc1ccccc1.COC1C(=O)N(SC2CCCCC2)C1C#Cc1ccccc1.COC1C(=O)N(SCCO)C1C#Cc1ccccc1.CSN1C(=O)C(OC2CCCCC2)C1c1ccc([N+](=O)[O-])cc1. The van der Waals surface area contributed by atoms with Crippen LogP contribution in [0.4, 0.5) is 5.69 Å². The topological polar surface area (TPSA) is 182 Å². The van der Waals surface area contributed by atoms with Crippen LogP contribution in [0.1, 0.15) is 92.5 Å². The number of nitrogens with zero attached hydrogens (tertiary/aromatic N) is 5. The summed E-state index contributed by atoms with van der Waals surface area (Å²) in [6, 6.07) is 34.9. The van der Waals surface area contributed by atoms with Gasteiger partial charge >= 0.3 is 0 Å². The van der Waals surface area contributed by atoms with Crippen molar-refractivity contribution in [3.63, 3.8) is 0 Å². The van der Waals surface area contributed by atoms with E-state index in [9.17, 15) is 29.3 Å². The number of carbonyl (C=O) groups excluding carboxylic acids is 4. The van der Waals surface area contributed by atoms with Crippen molar-refractivity contribution >= 4 is 77.1 Å². The molecule has 4 aromatic carbocycles. The number of β-lactam (4-membered cyclic amide) rings is 4. The van der Waals surface area contributed by atoms with Crippen molar-refractivity contribution in [2.75, 3.05) is 46.2 Å². The van der Waals surface area contributed by atoms with Gasteiger partial charge in [-0.1, -0.05) is 141 Å².